The van der Waals surface area contributed by atoms with Crippen molar-refractivity contribution >= 4 is 17.5 Å². The third-order valence-electron chi connectivity index (χ3n) is 5.98. The molecule has 0 saturated carbocycles. The van der Waals surface area contributed by atoms with E-state index in [1.165, 1.54) is 0 Å². The standard InChI is InChI=1S/C23H27N3O3/c1-24-23(29)22(17-8-7-16-12-21(28)25-20(16)11-17)19(15-5-3-2-4-6-15)14-26-10-9-18(27)13-26/h2-8,11,18-19,22,27H,9-10,12-14H2,1H3,(H,24,29)(H,25,28)/t18-,19+,22?/m0/s1. The highest BCUT2D eigenvalue weighted by Crippen LogP contribution is 2.37. The molecule has 6 nitrogen and oxygen atoms in total. The van der Waals surface area contributed by atoms with E-state index in [0.717, 1.165) is 35.3 Å². The molecule has 6 heteroatoms. The van der Waals surface area contributed by atoms with E-state index in [0.29, 0.717) is 19.5 Å². The summed E-state index contributed by atoms with van der Waals surface area (Å²) in [4.78, 5) is 27.1. The molecule has 3 N–H and O–H groups in total. The summed E-state index contributed by atoms with van der Waals surface area (Å²) in [5.74, 6) is -0.540. The Labute approximate surface area is 170 Å². The molecule has 0 spiro atoms. The fourth-order valence-electron chi connectivity index (χ4n) is 4.51. The first kappa shape index (κ1) is 19.6. The van der Waals surface area contributed by atoms with Crippen LogP contribution in [0.15, 0.2) is 48.5 Å². The monoisotopic (exact) mass is 393 g/mol. The van der Waals surface area contributed by atoms with Crippen LogP contribution in [0.2, 0.25) is 0 Å². The van der Waals surface area contributed by atoms with Gasteiger partial charge in [0.1, 0.15) is 0 Å². The van der Waals surface area contributed by atoms with Gasteiger partial charge in [0.15, 0.2) is 0 Å². The second-order valence-corrected chi connectivity index (χ2v) is 7.95. The number of hydrogen-bond donors (Lipinski definition) is 3. The van der Waals surface area contributed by atoms with E-state index in [-0.39, 0.29) is 23.8 Å². The maximum atomic E-state index is 13.1. The van der Waals surface area contributed by atoms with Gasteiger partial charge in [-0.3, -0.25) is 9.59 Å². The zero-order chi connectivity index (χ0) is 20.4. The molecule has 2 aliphatic heterocycles. The van der Waals surface area contributed by atoms with Gasteiger partial charge in [-0.2, -0.15) is 0 Å². The highest BCUT2D eigenvalue weighted by Gasteiger charge is 2.34. The molecule has 29 heavy (non-hydrogen) atoms. The van der Waals surface area contributed by atoms with Crippen molar-refractivity contribution in [2.75, 3.05) is 32.0 Å². The van der Waals surface area contributed by atoms with Gasteiger partial charge in [0.2, 0.25) is 11.8 Å². The van der Waals surface area contributed by atoms with Crippen LogP contribution >= 0.6 is 0 Å². The number of benzene rings is 2. The number of nitrogens with zero attached hydrogens (tertiary/aromatic N) is 1. The van der Waals surface area contributed by atoms with E-state index in [2.05, 4.69) is 27.7 Å². The van der Waals surface area contributed by atoms with Gasteiger partial charge < -0.3 is 20.6 Å². The molecule has 1 fully saturated rings. The van der Waals surface area contributed by atoms with Crippen molar-refractivity contribution in [3.05, 3.63) is 65.2 Å². The summed E-state index contributed by atoms with van der Waals surface area (Å²) in [6, 6.07) is 15.9. The minimum atomic E-state index is -0.400. The molecule has 4 rings (SSSR count). The number of aliphatic hydroxyl groups excluding tert-OH is 1. The van der Waals surface area contributed by atoms with Crippen molar-refractivity contribution in [3.8, 4) is 0 Å². The summed E-state index contributed by atoms with van der Waals surface area (Å²) in [5, 5.41) is 15.7. The van der Waals surface area contributed by atoms with Crippen LogP contribution in [0.3, 0.4) is 0 Å². The number of carbonyl (C=O) groups is 2. The molecule has 0 bridgehead atoms. The van der Waals surface area contributed by atoms with Crippen LogP contribution in [0.5, 0.6) is 0 Å². The summed E-state index contributed by atoms with van der Waals surface area (Å²) in [5.41, 5.74) is 3.74. The minimum absolute atomic E-state index is 0.0145. The van der Waals surface area contributed by atoms with Gasteiger partial charge in [-0.15, -0.1) is 0 Å². The van der Waals surface area contributed by atoms with Crippen LogP contribution in [-0.4, -0.2) is 54.6 Å². The summed E-state index contributed by atoms with van der Waals surface area (Å²) < 4.78 is 0. The van der Waals surface area contributed by atoms with Gasteiger partial charge in [-0.1, -0.05) is 42.5 Å². The number of nitrogens with one attached hydrogen (secondary N) is 2. The molecule has 0 aromatic heterocycles. The normalized spacial score (nSPS) is 20.8. The maximum absolute atomic E-state index is 13.1. The molecule has 2 aromatic rings. The first-order valence-corrected chi connectivity index (χ1v) is 10.1. The van der Waals surface area contributed by atoms with Gasteiger partial charge in [-0.05, 0) is 29.2 Å². The number of amides is 2. The van der Waals surface area contributed by atoms with Crippen LogP contribution in [0.25, 0.3) is 0 Å². The molecule has 2 amide bonds. The van der Waals surface area contributed by atoms with Gasteiger partial charge in [0.25, 0.3) is 0 Å². The SMILES string of the molecule is CNC(=O)C(c1ccc2c(c1)NC(=O)C2)[C@H](CN1CC[C@H](O)C1)c1ccccc1. The smallest absolute Gasteiger partial charge is 0.228 e. The van der Waals surface area contributed by atoms with Crippen molar-refractivity contribution in [3.63, 3.8) is 0 Å². The molecule has 0 radical (unpaired) electrons. The zero-order valence-electron chi connectivity index (χ0n) is 16.6. The molecular formula is C23H27N3O3. The maximum Gasteiger partial charge on any atom is 0.228 e. The Morgan fingerprint density at radius 1 is 1.24 bits per heavy atom. The van der Waals surface area contributed by atoms with Crippen molar-refractivity contribution in [2.24, 2.45) is 0 Å². The number of aliphatic hydroxyl groups is 1. The van der Waals surface area contributed by atoms with Crippen LogP contribution in [-0.2, 0) is 16.0 Å². The lowest BCUT2D eigenvalue weighted by atomic mass is 9.80. The molecule has 2 aromatic carbocycles. The van der Waals surface area contributed by atoms with Crippen LogP contribution in [0.4, 0.5) is 5.69 Å². The molecule has 0 aliphatic carbocycles. The number of anilines is 1. The topological polar surface area (TPSA) is 81.7 Å². The summed E-state index contributed by atoms with van der Waals surface area (Å²) in [6.45, 7) is 2.14. The number of hydrogen-bond acceptors (Lipinski definition) is 4. The van der Waals surface area contributed by atoms with Gasteiger partial charge >= 0.3 is 0 Å². The third kappa shape index (κ3) is 4.18. The lowest BCUT2D eigenvalue weighted by Crippen LogP contribution is -2.36. The van der Waals surface area contributed by atoms with E-state index < -0.39 is 5.92 Å². The zero-order valence-corrected chi connectivity index (χ0v) is 16.6. The number of likely N-dealkylation sites (tertiary alicyclic amines) is 1. The Morgan fingerprint density at radius 3 is 2.72 bits per heavy atom. The second-order valence-electron chi connectivity index (χ2n) is 7.95. The predicted molar refractivity (Wildman–Crippen MR) is 112 cm³/mol. The number of fused-ring (bicyclic) bond motifs is 1. The first-order chi connectivity index (χ1) is 14.0. The Hall–Kier alpha value is -2.70. The van der Waals surface area contributed by atoms with Crippen LogP contribution in [0.1, 0.15) is 34.9 Å². The Balaban J connectivity index is 1.72. The fraction of sp³-hybridized carbons (Fsp3) is 0.391. The Kier molecular flexibility index (Phi) is 5.65. The van der Waals surface area contributed by atoms with Crippen molar-refractivity contribution in [2.45, 2.75) is 30.8 Å². The molecule has 2 aliphatic rings. The van der Waals surface area contributed by atoms with Gasteiger partial charge in [0, 0.05) is 38.3 Å². The van der Waals surface area contributed by atoms with Crippen molar-refractivity contribution in [1.29, 1.82) is 0 Å². The second kappa shape index (κ2) is 8.35. The largest absolute Gasteiger partial charge is 0.392 e. The van der Waals surface area contributed by atoms with E-state index >= 15 is 0 Å². The molecular weight excluding hydrogens is 366 g/mol. The highest BCUT2D eigenvalue weighted by atomic mass is 16.3. The highest BCUT2D eigenvalue weighted by molar-refractivity contribution is 5.99. The minimum Gasteiger partial charge on any atom is -0.392 e. The number of likely N-dealkylation sites (N-methyl/N-ethyl adjacent to an activating group) is 1. The van der Waals surface area contributed by atoms with E-state index in [4.69, 9.17) is 0 Å². The average molecular weight is 393 g/mol. The lowest BCUT2D eigenvalue weighted by molar-refractivity contribution is -0.122. The molecule has 2 heterocycles. The number of β-amino-alcohol motifs (C(OH)–C–C–N with tert-alkyl or cyclic N) is 1. The first-order valence-electron chi connectivity index (χ1n) is 10.1. The molecule has 3 atom stereocenters. The quantitative estimate of drug-likeness (QED) is 0.700. The molecule has 1 saturated heterocycles. The molecule has 152 valence electrons. The van der Waals surface area contributed by atoms with E-state index in [1.54, 1.807) is 7.05 Å². The lowest BCUT2D eigenvalue weighted by Gasteiger charge is -2.31. The van der Waals surface area contributed by atoms with E-state index in [9.17, 15) is 14.7 Å². The predicted octanol–water partition coefficient (Wildman–Crippen LogP) is 1.86. The average Bonchev–Trinajstić information content (AvgIpc) is 3.31. The Bertz CT molecular complexity index is 899. The van der Waals surface area contributed by atoms with Crippen molar-refractivity contribution in [1.82, 2.24) is 10.2 Å². The van der Waals surface area contributed by atoms with Crippen molar-refractivity contribution < 1.29 is 14.7 Å². The van der Waals surface area contributed by atoms with Crippen LogP contribution < -0.4 is 10.6 Å². The fourth-order valence-corrected chi connectivity index (χ4v) is 4.51. The summed E-state index contributed by atoms with van der Waals surface area (Å²) >= 11 is 0. The number of carbonyl (C=O) groups excluding carboxylic acids is 2. The summed E-state index contributed by atoms with van der Waals surface area (Å²) in [7, 11) is 1.66. The Morgan fingerprint density at radius 2 is 2.03 bits per heavy atom. The van der Waals surface area contributed by atoms with Gasteiger partial charge in [0.05, 0.1) is 18.4 Å². The summed E-state index contributed by atoms with van der Waals surface area (Å²) in [6.07, 6.45) is 0.838. The van der Waals surface area contributed by atoms with Gasteiger partial charge in [-0.25, -0.2) is 0 Å². The third-order valence-corrected chi connectivity index (χ3v) is 5.98. The number of rotatable bonds is 6. The van der Waals surface area contributed by atoms with Crippen LogP contribution in [0, 0.1) is 0 Å². The molecule has 1 unspecified atom stereocenters. The van der Waals surface area contributed by atoms with E-state index in [1.807, 2.05) is 36.4 Å².